The van der Waals surface area contributed by atoms with E-state index in [1.165, 1.54) is 50.5 Å². The highest BCUT2D eigenvalue weighted by molar-refractivity contribution is 5.37. The van der Waals surface area contributed by atoms with Gasteiger partial charge in [0, 0.05) is 5.54 Å². The van der Waals surface area contributed by atoms with Gasteiger partial charge < -0.3 is 5.73 Å². The van der Waals surface area contributed by atoms with E-state index in [1.807, 2.05) is 0 Å². The Kier molecular flexibility index (Phi) is 4.14. The van der Waals surface area contributed by atoms with Crippen LogP contribution >= 0.6 is 0 Å². The monoisotopic (exact) mass is 285 g/mol. The van der Waals surface area contributed by atoms with E-state index in [2.05, 4.69) is 39.0 Å². The highest BCUT2D eigenvalue weighted by atomic mass is 14.8. The molecule has 1 aromatic rings. The molecule has 2 aliphatic carbocycles. The maximum atomic E-state index is 6.85. The molecule has 0 amide bonds. The lowest BCUT2D eigenvalue weighted by atomic mass is 9.66. The third kappa shape index (κ3) is 2.90. The van der Waals surface area contributed by atoms with Crippen LogP contribution in [0.2, 0.25) is 0 Å². The first kappa shape index (κ1) is 15.1. The topological polar surface area (TPSA) is 26.0 Å². The van der Waals surface area contributed by atoms with Gasteiger partial charge in [-0.05, 0) is 79.9 Å². The summed E-state index contributed by atoms with van der Waals surface area (Å²) in [6.07, 6.45) is 9.11. The normalized spacial score (nSPS) is 32.3. The lowest BCUT2D eigenvalue weighted by Gasteiger charge is -2.42. The van der Waals surface area contributed by atoms with Gasteiger partial charge in [0.25, 0.3) is 0 Å². The standard InChI is InChI=1S/C20H31N/c1-14-8-10-18(12-15(14)2)20(3,21)19-11-9-16-6-4-5-7-17(16)13-19/h9,11,13-15,18H,4-8,10,12,21H2,1-3H3. The van der Waals surface area contributed by atoms with Gasteiger partial charge in [-0.15, -0.1) is 0 Å². The van der Waals surface area contributed by atoms with Crippen LogP contribution in [0.5, 0.6) is 0 Å². The van der Waals surface area contributed by atoms with Crippen molar-refractivity contribution in [1.29, 1.82) is 0 Å². The van der Waals surface area contributed by atoms with Crippen LogP contribution in [0.1, 0.15) is 69.6 Å². The van der Waals surface area contributed by atoms with Crippen LogP contribution in [0.3, 0.4) is 0 Å². The smallest absolute Gasteiger partial charge is 0.0409 e. The molecule has 2 N–H and O–H groups in total. The van der Waals surface area contributed by atoms with Crippen LogP contribution < -0.4 is 5.73 Å². The molecule has 0 bridgehead atoms. The summed E-state index contributed by atoms with van der Waals surface area (Å²) in [6.45, 7) is 7.07. The molecule has 116 valence electrons. The maximum Gasteiger partial charge on any atom is 0.0409 e. The van der Waals surface area contributed by atoms with Crippen molar-refractivity contribution in [2.24, 2.45) is 23.5 Å². The summed E-state index contributed by atoms with van der Waals surface area (Å²) in [4.78, 5) is 0. The highest BCUT2D eigenvalue weighted by Crippen LogP contribution is 2.42. The van der Waals surface area contributed by atoms with Crippen LogP contribution in [0.25, 0.3) is 0 Å². The number of nitrogens with two attached hydrogens (primary N) is 1. The van der Waals surface area contributed by atoms with Gasteiger partial charge in [0.1, 0.15) is 0 Å². The molecular formula is C20H31N. The van der Waals surface area contributed by atoms with E-state index in [0.29, 0.717) is 5.92 Å². The zero-order valence-electron chi connectivity index (χ0n) is 14.0. The molecule has 1 aromatic carbocycles. The Labute approximate surface area is 130 Å². The summed E-state index contributed by atoms with van der Waals surface area (Å²) >= 11 is 0. The van der Waals surface area contributed by atoms with E-state index in [1.54, 1.807) is 11.1 Å². The number of benzene rings is 1. The molecule has 0 saturated heterocycles. The second-order valence-corrected chi connectivity index (χ2v) is 7.94. The summed E-state index contributed by atoms with van der Waals surface area (Å²) in [5, 5.41) is 0. The van der Waals surface area contributed by atoms with Crippen molar-refractivity contribution in [3.63, 3.8) is 0 Å². The molecule has 0 heterocycles. The van der Waals surface area contributed by atoms with Crippen molar-refractivity contribution >= 4 is 0 Å². The first-order valence-electron chi connectivity index (χ1n) is 8.89. The second-order valence-electron chi connectivity index (χ2n) is 7.94. The number of rotatable bonds is 2. The number of aryl methyl sites for hydroxylation is 2. The van der Waals surface area contributed by atoms with E-state index in [9.17, 15) is 0 Å². The van der Waals surface area contributed by atoms with Crippen molar-refractivity contribution in [3.05, 3.63) is 34.9 Å². The number of fused-ring (bicyclic) bond motifs is 1. The zero-order valence-corrected chi connectivity index (χ0v) is 14.0. The molecule has 1 heteroatoms. The fraction of sp³-hybridized carbons (Fsp3) is 0.700. The molecule has 0 aliphatic heterocycles. The average molecular weight is 285 g/mol. The van der Waals surface area contributed by atoms with Crippen LogP contribution in [0, 0.1) is 17.8 Å². The average Bonchev–Trinajstić information content (AvgIpc) is 2.49. The number of hydrogen-bond donors (Lipinski definition) is 1. The van der Waals surface area contributed by atoms with Crippen molar-refractivity contribution in [2.75, 3.05) is 0 Å². The van der Waals surface area contributed by atoms with Crippen molar-refractivity contribution in [3.8, 4) is 0 Å². The largest absolute Gasteiger partial charge is 0.321 e. The zero-order chi connectivity index (χ0) is 15.0. The molecule has 2 aliphatic rings. The molecule has 0 radical (unpaired) electrons. The van der Waals surface area contributed by atoms with Crippen LogP contribution in [0.15, 0.2) is 18.2 Å². The second kappa shape index (κ2) is 5.76. The van der Waals surface area contributed by atoms with Gasteiger partial charge in [-0.25, -0.2) is 0 Å². The van der Waals surface area contributed by atoms with Crippen molar-refractivity contribution < 1.29 is 0 Å². The third-order valence-corrected chi connectivity index (χ3v) is 6.42. The number of hydrogen-bond acceptors (Lipinski definition) is 1. The van der Waals surface area contributed by atoms with Crippen LogP contribution in [0.4, 0.5) is 0 Å². The quantitative estimate of drug-likeness (QED) is 0.829. The molecule has 4 atom stereocenters. The minimum atomic E-state index is -0.166. The first-order chi connectivity index (χ1) is 9.98. The summed E-state index contributed by atoms with van der Waals surface area (Å²) in [7, 11) is 0. The lowest BCUT2D eigenvalue weighted by molar-refractivity contribution is 0.142. The fourth-order valence-electron chi connectivity index (χ4n) is 4.40. The van der Waals surface area contributed by atoms with Gasteiger partial charge in [-0.2, -0.15) is 0 Å². The first-order valence-corrected chi connectivity index (χ1v) is 8.89. The van der Waals surface area contributed by atoms with Crippen LogP contribution in [-0.4, -0.2) is 0 Å². The highest BCUT2D eigenvalue weighted by Gasteiger charge is 2.37. The minimum absolute atomic E-state index is 0.166. The molecule has 4 unspecified atom stereocenters. The summed E-state index contributed by atoms with van der Waals surface area (Å²) in [5.74, 6) is 2.30. The maximum absolute atomic E-state index is 6.85. The van der Waals surface area contributed by atoms with Gasteiger partial charge >= 0.3 is 0 Å². The van der Waals surface area contributed by atoms with E-state index in [-0.39, 0.29) is 5.54 Å². The summed E-state index contributed by atoms with van der Waals surface area (Å²) in [6, 6.07) is 7.09. The predicted octanol–water partition coefficient (Wildman–Crippen LogP) is 4.81. The molecule has 0 aromatic heterocycles. The summed E-state index contributed by atoms with van der Waals surface area (Å²) < 4.78 is 0. The molecule has 1 fully saturated rings. The van der Waals surface area contributed by atoms with E-state index in [0.717, 1.165) is 11.8 Å². The van der Waals surface area contributed by atoms with Gasteiger partial charge in [0.05, 0.1) is 0 Å². The van der Waals surface area contributed by atoms with Crippen molar-refractivity contribution in [2.45, 2.75) is 71.3 Å². The molecule has 1 saturated carbocycles. The fourth-order valence-corrected chi connectivity index (χ4v) is 4.40. The molecule has 21 heavy (non-hydrogen) atoms. The van der Waals surface area contributed by atoms with Gasteiger partial charge in [0.15, 0.2) is 0 Å². The minimum Gasteiger partial charge on any atom is -0.321 e. The van der Waals surface area contributed by atoms with E-state index in [4.69, 9.17) is 5.73 Å². The van der Waals surface area contributed by atoms with Gasteiger partial charge in [-0.1, -0.05) is 38.5 Å². The Morgan fingerprint density at radius 3 is 2.43 bits per heavy atom. The van der Waals surface area contributed by atoms with Gasteiger partial charge in [0.2, 0.25) is 0 Å². The van der Waals surface area contributed by atoms with Gasteiger partial charge in [-0.3, -0.25) is 0 Å². The lowest BCUT2D eigenvalue weighted by Crippen LogP contribution is -2.44. The van der Waals surface area contributed by atoms with E-state index >= 15 is 0 Å². The SMILES string of the molecule is CC1CCC(C(C)(N)c2ccc3c(c2)CCCC3)CC1C. The Morgan fingerprint density at radius 2 is 1.71 bits per heavy atom. The van der Waals surface area contributed by atoms with Crippen molar-refractivity contribution in [1.82, 2.24) is 0 Å². The molecule has 3 rings (SSSR count). The third-order valence-electron chi connectivity index (χ3n) is 6.42. The predicted molar refractivity (Wildman–Crippen MR) is 90.3 cm³/mol. The van der Waals surface area contributed by atoms with Crippen LogP contribution in [-0.2, 0) is 18.4 Å². The Bertz CT molecular complexity index is 503. The Morgan fingerprint density at radius 1 is 1.00 bits per heavy atom. The Balaban J connectivity index is 1.84. The Hall–Kier alpha value is -0.820. The molecule has 0 spiro atoms. The summed E-state index contributed by atoms with van der Waals surface area (Å²) in [5.41, 5.74) is 11.2. The molecule has 1 nitrogen and oxygen atoms in total. The van der Waals surface area contributed by atoms with E-state index < -0.39 is 0 Å². The molecular weight excluding hydrogens is 254 g/mol.